The maximum Gasteiger partial charge on any atom is 0.329 e. The lowest BCUT2D eigenvalue weighted by Gasteiger charge is -2.08. The van der Waals surface area contributed by atoms with Gasteiger partial charge in [0.25, 0.3) is 0 Å². The van der Waals surface area contributed by atoms with Crippen LogP contribution in [0.25, 0.3) is 0 Å². The van der Waals surface area contributed by atoms with Crippen molar-refractivity contribution in [3.63, 3.8) is 0 Å². The highest BCUT2D eigenvalue weighted by Gasteiger charge is 2.19. The Kier molecular flexibility index (Phi) is 4.14. The minimum atomic E-state index is -0.590. The Hall–Kier alpha value is -2.21. The fraction of sp³-hybridized carbons (Fsp3) is 0.154. The zero-order chi connectivity index (χ0) is 14.7. The molecule has 0 atom stereocenters. The van der Waals surface area contributed by atoms with Crippen molar-refractivity contribution < 1.29 is 9.31 Å². The van der Waals surface area contributed by atoms with Crippen LogP contribution >= 0.6 is 11.6 Å². The van der Waals surface area contributed by atoms with Gasteiger partial charge in [-0.15, -0.1) is 0 Å². The topological polar surface area (TPSA) is 68.1 Å². The Labute approximate surface area is 119 Å². The molecule has 1 N–H and O–H groups in total. The Morgan fingerprint density at radius 3 is 2.85 bits per heavy atom. The van der Waals surface area contributed by atoms with Crippen LogP contribution in [0.1, 0.15) is 11.1 Å². The van der Waals surface area contributed by atoms with Gasteiger partial charge in [0.15, 0.2) is 0 Å². The summed E-state index contributed by atoms with van der Waals surface area (Å²) < 4.78 is 13.1. The van der Waals surface area contributed by atoms with Gasteiger partial charge >= 0.3 is 5.69 Å². The highest BCUT2D eigenvalue weighted by Crippen LogP contribution is 2.30. The fourth-order valence-electron chi connectivity index (χ4n) is 1.76. The molecule has 1 aromatic heterocycles. The second-order valence-corrected chi connectivity index (χ2v) is 4.55. The normalized spacial score (nSPS) is 10.3. The van der Waals surface area contributed by atoms with Gasteiger partial charge in [-0.3, -0.25) is 10.1 Å². The van der Waals surface area contributed by atoms with Crippen molar-refractivity contribution in [3.05, 3.63) is 62.7 Å². The van der Waals surface area contributed by atoms with E-state index in [0.717, 1.165) is 5.56 Å². The van der Waals surface area contributed by atoms with E-state index in [1.807, 2.05) is 0 Å². The van der Waals surface area contributed by atoms with Crippen LogP contribution in [0, 0.1) is 22.9 Å². The van der Waals surface area contributed by atoms with Gasteiger partial charge in [0.2, 0.25) is 5.15 Å². The van der Waals surface area contributed by atoms with Crippen molar-refractivity contribution in [3.8, 4) is 0 Å². The Morgan fingerprint density at radius 1 is 1.45 bits per heavy atom. The molecule has 0 amide bonds. The molecule has 0 aliphatic heterocycles. The molecule has 1 heterocycles. The fourth-order valence-corrected chi connectivity index (χ4v) is 1.99. The minimum Gasteiger partial charge on any atom is -0.375 e. The number of nitrogens with zero attached hydrogens (tertiary/aromatic N) is 2. The third-order valence-electron chi connectivity index (χ3n) is 2.77. The largest absolute Gasteiger partial charge is 0.375 e. The Balaban J connectivity index is 2.21. The number of hydrogen-bond donors (Lipinski definition) is 1. The second-order valence-electron chi connectivity index (χ2n) is 4.19. The van der Waals surface area contributed by atoms with E-state index in [9.17, 15) is 14.5 Å². The molecule has 1 aromatic carbocycles. The van der Waals surface area contributed by atoms with Crippen LogP contribution in [-0.2, 0) is 6.54 Å². The van der Waals surface area contributed by atoms with E-state index >= 15 is 0 Å². The summed E-state index contributed by atoms with van der Waals surface area (Å²) in [6.07, 6.45) is 1.38. The number of nitrogens with one attached hydrogen (secondary N) is 1. The number of rotatable bonds is 4. The zero-order valence-corrected chi connectivity index (χ0v) is 11.3. The monoisotopic (exact) mass is 295 g/mol. The van der Waals surface area contributed by atoms with Gasteiger partial charge in [0.1, 0.15) is 11.5 Å². The molecule has 20 heavy (non-hydrogen) atoms. The number of nitro groups is 1. The number of aromatic nitrogens is 1. The molecule has 104 valence electrons. The maximum absolute atomic E-state index is 13.1. The Bertz CT molecular complexity index is 664. The van der Waals surface area contributed by atoms with E-state index in [0.29, 0.717) is 12.1 Å². The lowest BCUT2D eigenvalue weighted by molar-refractivity contribution is -0.384. The molecule has 0 spiro atoms. The summed E-state index contributed by atoms with van der Waals surface area (Å²) in [6, 6.07) is 6.13. The molecule has 7 heteroatoms. The first-order chi connectivity index (χ1) is 9.49. The van der Waals surface area contributed by atoms with Gasteiger partial charge in [-0.25, -0.2) is 9.37 Å². The third-order valence-corrected chi connectivity index (χ3v) is 3.04. The smallest absolute Gasteiger partial charge is 0.329 e. The van der Waals surface area contributed by atoms with Gasteiger partial charge in [0.05, 0.1) is 4.92 Å². The van der Waals surface area contributed by atoms with Crippen molar-refractivity contribution in [2.45, 2.75) is 13.5 Å². The summed E-state index contributed by atoms with van der Waals surface area (Å²) in [5.41, 5.74) is 1.34. The summed E-state index contributed by atoms with van der Waals surface area (Å²) in [4.78, 5) is 14.0. The molecule has 0 aliphatic rings. The molecule has 0 unspecified atom stereocenters. The van der Waals surface area contributed by atoms with Crippen LogP contribution < -0.4 is 5.32 Å². The number of hydrogen-bond acceptors (Lipinski definition) is 4. The van der Waals surface area contributed by atoms with Crippen molar-refractivity contribution in [1.82, 2.24) is 4.98 Å². The van der Waals surface area contributed by atoms with Crippen LogP contribution in [0.15, 0.2) is 30.5 Å². The van der Waals surface area contributed by atoms with Gasteiger partial charge < -0.3 is 5.32 Å². The van der Waals surface area contributed by atoms with Gasteiger partial charge in [-0.2, -0.15) is 0 Å². The van der Waals surface area contributed by atoms with Gasteiger partial charge in [0, 0.05) is 12.7 Å². The minimum absolute atomic E-state index is 0.171. The first kappa shape index (κ1) is 14.2. The summed E-state index contributed by atoms with van der Waals surface area (Å²) in [7, 11) is 0. The number of pyridine rings is 1. The van der Waals surface area contributed by atoms with E-state index in [4.69, 9.17) is 11.6 Å². The molecule has 0 saturated carbocycles. The maximum atomic E-state index is 13.1. The van der Waals surface area contributed by atoms with Crippen LogP contribution in [0.4, 0.5) is 15.8 Å². The standard InChI is InChI=1S/C13H11ClFN3O2/c1-8-6-9(2-3-10(8)15)7-17-11-4-5-16-13(14)12(11)18(19)20/h2-6H,7H2,1H3,(H,16,17). The number of benzene rings is 1. The predicted molar refractivity (Wildman–Crippen MR) is 74.4 cm³/mol. The van der Waals surface area contributed by atoms with Crippen molar-refractivity contribution >= 4 is 23.0 Å². The molecule has 2 rings (SSSR count). The summed E-state index contributed by atoms with van der Waals surface area (Å²) in [5.74, 6) is -0.285. The van der Waals surface area contributed by atoms with E-state index in [-0.39, 0.29) is 22.3 Å². The molecule has 5 nitrogen and oxygen atoms in total. The van der Waals surface area contributed by atoms with E-state index < -0.39 is 4.92 Å². The summed E-state index contributed by atoms with van der Waals surface area (Å²) in [5, 5.41) is 13.7. The third kappa shape index (κ3) is 3.03. The molecule has 0 bridgehead atoms. The quantitative estimate of drug-likeness (QED) is 0.530. The first-order valence-electron chi connectivity index (χ1n) is 5.77. The summed E-state index contributed by atoms with van der Waals surface area (Å²) in [6.45, 7) is 1.98. The highest BCUT2D eigenvalue weighted by molar-refractivity contribution is 6.32. The van der Waals surface area contributed by atoms with Gasteiger partial charge in [-0.1, -0.05) is 23.7 Å². The van der Waals surface area contributed by atoms with Gasteiger partial charge in [-0.05, 0) is 30.2 Å². The molecular weight excluding hydrogens is 285 g/mol. The predicted octanol–water partition coefficient (Wildman–Crippen LogP) is 3.70. The number of aryl methyl sites for hydroxylation is 1. The summed E-state index contributed by atoms with van der Waals surface area (Å²) >= 11 is 5.71. The average molecular weight is 296 g/mol. The van der Waals surface area contributed by atoms with Crippen molar-refractivity contribution in [1.29, 1.82) is 0 Å². The van der Waals surface area contributed by atoms with Crippen LogP contribution in [0.3, 0.4) is 0 Å². The average Bonchev–Trinajstić information content (AvgIpc) is 2.39. The SMILES string of the molecule is Cc1cc(CNc2ccnc(Cl)c2[N+](=O)[O-])ccc1F. The molecule has 2 aromatic rings. The highest BCUT2D eigenvalue weighted by atomic mass is 35.5. The molecule has 0 saturated heterocycles. The van der Waals surface area contributed by atoms with Crippen molar-refractivity contribution in [2.24, 2.45) is 0 Å². The van der Waals surface area contributed by atoms with Crippen LogP contribution in [-0.4, -0.2) is 9.91 Å². The lowest BCUT2D eigenvalue weighted by atomic mass is 10.1. The second kappa shape index (κ2) is 5.83. The number of halogens is 2. The number of anilines is 1. The van der Waals surface area contributed by atoms with Crippen LogP contribution in [0.2, 0.25) is 5.15 Å². The Morgan fingerprint density at radius 2 is 2.20 bits per heavy atom. The molecule has 0 aliphatic carbocycles. The van der Waals surface area contributed by atoms with E-state index in [2.05, 4.69) is 10.3 Å². The van der Waals surface area contributed by atoms with Crippen LogP contribution in [0.5, 0.6) is 0 Å². The van der Waals surface area contributed by atoms with Crippen molar-refractivity contribution in [2.75, 3.05) is 5.32 Å². The lowest BCUT2D eigenvalue weighted by Crippen LogP contribution is -2.04. The molecular formula is C13H11ClFN3O2. The molecule has 0 fully saturated rings. The van der Waals surface area contributed by atoms with E-state index in [1.165, 1.54) is 18.3 Å². The van der Waals surface area contributed by atoms with E-state index in [1.54, 1.807) is 19.1 Å². The molecule has 0 radical (unpaired) electrons. The zero-order valence-electron chi connectivity index (χ0n) is 10.6. The first-order valence-corrected chi connectivity index (χ1v) is 6.14.